The van der Waals surface area contributed by atoms with Crippen LogP contribution in [0.2, 0.25) is 0 Å². The number of rotatable bonds is 4. The Labute approximate surface area is 170 Å². The van der Waals surface area contributed by atoms with E-state index in [1.165, 1.54) is 0 Å². The Morgan fingerprint density at radius 1 is 1.31 bits per heavy atom. The first-order valence-electron chi connectivity index (χ1n) is 10.1. The van der Waals surface area contributed by atoms with E-state index in [0.29, 0.717) is 31.6 Å². The smallest absolute Gasteiger partial charge is 0.252 e. The number of hydrogen-bond donors (Lipinski definition) is 2. The molecule has 2 aromatic rings. The lowest BCUT2D eigenvalue weighted by molar-refractivity contribution is -0.126. The maximum atomic E-state index is 13.1. The highest BCUT2D eigenvalue weighted by Gasteiger charge is 2.53. The van der Waals surface area contributed by atoms with Crippen LogP contribution in [0.25, 0.3) is 0 Å². The third kappa shape index (κ3) is 3.87. The van der Waals surface area contributed by atoms with Crippen LogP contribution in [-0.2, 0) is 17.8 Å². The number of likely N-dealkylation sites (tertiary alicyclic amines) is 1. The molecule has 3 heterocycles. The van der Waals surface area contributed by atoms with Crippen molar-refractivity contribution in [2.45, 2.75) is 45.3 Å². The van der Waals surface area contributed by atoms with Gasteiger partial charge < -0.3 is 10.6 Å². The van der Waals surface area contributed by atoms with Gasteiger partial charge in [0.15, 0.2) is 0 Å². The van der Waals surface area contributed by atoms with Crippen LogP contribution in [0.4, 0.5) is 0 Å². The van der Waals surface area contributed by atoms with Gasteiger partial charge in [0.25, 0.3) is 5.91 Å². The fourth-order valence-corrected chi connectivity index (χ4v) is 4.48. The fraction of sp³-hybridized carbons (Fsp3) is 0.455. The molecule has 0 radical (unpaired) electrons. The number of carbonyl (C=O) groups excluding carboxylic acids is 2. The Balaban J connectivity index is 1.63. The van der Waals surface area contributed by atoms with Gasteiger partial charge in [-0.05, 0) is 38.8 Å². The lowest BCUT2D eigenvalue weighted by Gasteiger charge is -2.39. The van der Waals surface area contributed by atoms with Crippen LogP contribution in [-0.4, -0.2) is 51.4 Å². The van der Waals surface area contributed by atoms with E-state index in [0.717, 1.165) is 17.0 Å². The Morgan fingerprint density at radius 2 is 2.03 bits per heavy atom. The quantitative estimate of drug-likeness (QED) is 0.821. The highest BCUT2D eigenvalue weighted by molar-refractivity contribution is 5.98. The summed E-state index contributed by atoms with van der Waals surface area (Å²) in [5.41, 5.74) is 2.08. The van der Waals surface area contributed by atoms with Crippen molar-refractivity contribution in [3.05, 3.63) is 59.2 Å². The molecule has 0 bridgehead atoms. The van der Waals surface area contributed by atoms with E-state index >= 15 is 0 Å². The van der Waals surface area contributed by atoms with Crippen molar-refractivity contribution in [1.29, 1.82) is 0 Å². The zero-order chi connectivity index (χ0) is 20.6. The molecule has 7 nitrogen and oxygen atoms in total. The molecule has 2 atom stereocenters. The molecule has 2 aliphatic rings. The summed E-state index contributed by atoms with van der Waals surface area (Å²) in [7, 11) is 0. The molecule has 1 aromatic carbocycles. The summed E-state index contributed by atoms with van der Waals surface area (Å²) in [6, 6.07) is 7.70. The van der Waals surface area contributed by atoms with Crippen molar-refractivity contribution in [1.82, 2.24) is 25.5 Å². The molecule has 152 valence electrons. The monoisotopic (exact) mass is 393 g/mol. The van der Waals surface area contributed by atoms with Crippen molar-refractivity contribution in [2.24, 2.45) is 5.92 Å². The highest BCUT2D eigenvalue weighted by Crippen LogP contribution is 2.36. The molecule has 0 unspecified atom stereocenters. The van der Waals surface area contributed by atoms with E-state index in [4.69, 9.17) is 0 Å². The van der Waals surface area contributed by atoms with Gasteiger partial charge in [-0.1, -0.05) is 18.2 Å². The predicted molar refractivity (Wildman–Crippen MR) is 109 cm³/mol. The SMILES string of the molecule is Cc1ncc(CN2C[C@@H](C(=O)NC(C)C)[C@@]3(Cc4ccccc4C(=O)N3)C2)cn1. The summed E-state index contributed by atoms with van der Waals surface area (Å²) in [5, 5.41) is 6.25. The molecule has 0 saturated carbocycles. The molecule has 29 heavy (non-hydrogen) atoms. The van der Waals surface area contributed by atoms with E-state index in [1.807, 2.05) is 57.4 Å². The van der Waals surface area contributed by atoms with Gasteiger partial charge in [-0.3, -0.25) is 14.5 Å². The molecule has 0 aliphatic carbocycles. The minimum Gasteiger partial charge on any atom is -0.354 e. The summed E-state index contributed by atoms with van der Waals surface area (Å²) < 4.78 is 0. The molecule has 1 aromatic heterocycles. The second-order valence-electron chi connectivity index (χ2n) is 8.47. The first-order chi connectivity index (χ1) is 13.9. The van der Waals surface area contributed by atoms with Crippen LogP contribution >= 0.6 is 0 Å². The van der Waals surface area contributed by atoms with E-state index in [-0.39, 0.29) is 23.8 Å². The summed E-state index contributed by atoms with van der Waals surface area (Å²) in [6.45, 7) is 7.60. The Morgan fingerprint density at radius 3 is 2.76 bits per heavy atom. The van der Waals surface area contributed by atoms with Gasteiger partial charge in [-0.2, -0.15) is 0 Å². The lowest BCUT2D eigenvalue weighted by atomic mass is 9.77. The van der Waals surface area contributed by atoms with Crippen LogP contribution in [0.15, 0.2) is 36.7 Å². The van der Waals surface area contributed by atoms with Gasteiger partial charge in [0.1, 0.15) is 5.82 Å². The standard InChI is InChI=1S/C22H27N5O2/c1-14(2)25-21(29)19-12-27(11-16-9-23-15(3)24-10-16)13-22(19)8-17-6-4-5-7-18(17)20(28)26-22/h4-7,9-10,14,19H,8,11-13H2,1-3H3,(H,25,29)(H,26,28)/t19-,22+/m0/s1. The third-order valence-electron chi connectivity index (χ3n) is 5.73. The molecule has 2 aliphatic heterocycles. The predicted octanol–water partition coefficient (Wildman–Crippen LogP) is 1.47. The number of aromatic nitrogens is 2. The fourth-order valence-electron chi connectivity index (χ4n) is 4.48. The Hall–Kier alpha value is -2.80. The Kier molecular flexibility index (Phi) is 5.08. The molecule has 1 spiro atoms. The number of benzene rings is 1. The van der Waals surface area contributed by atoms with E-state index in [1.54, 1.807) is 0 Å². The van der Waals surface area contributed by atoms with Gasteiger partial charge in [0.2, 0.25) is 5.91 Å². The summed E-state index contributed by atoms with van der Waals surface area (Å²) in [4.78, 5) is 36.7. The number of aryl methyl sites for hydroxylation is 1. The number of nitrogens with zero attached hydrogens (tertiary/aromatic N) is 3. The highest BCUT2D eigenvalue weighted by atomic mass is 16.2. The topological polar surface area (TPSA) is 87.2 Å². The van der Waals surface area contributed by atoms with Gasteiger partial charge in [0, 0.05) is 49.2 Å². The first-order valence-corrected chi connectivity index (χ1v) is 10.1. The van der Waals surface area contributed by atoms with Crippen molar-refractivity contribution >= 4 is 11.8 Å². The molecule has 7 heteroatoms. The normalized spacial score (nSPS) is 23.9. The maximum absolute atomic E-state index is 13.1. The van der Waals surface area contributed by atoms with E-state index < -0.39 is 5.54 Å². The number of nitrogens with one attached hydrogen (secondary N) is 2. The molecule has 4 rings (SSSR count). The molecular weight excluding hydrogens is 366 g/mol. The maximum Gasteiger partial charge on any atom is 0.252 e. The minimum absolute atomic E-state index is 0.0117. The van der Waals surface area contributed by atoms with Crippen molar-refractivity contribution in [3.63, 3.8) is 0 Å². The average Bonchev–Trinajstić information content (AvgIpc) is 3.00. The van der Waals surface area contributed by atoms with Gasteiger partial charge >= 0.3 is 0 Å². The van der Waals surface area contributed by atoms with E-state index in [9.17, 15) is 9.59 Å². The van der Waals surface area contributed by atoms with Crippen LogP contribution in [0.1, 0.15) is 41.2 Å². The van der Waals surface area contributed by atoms with Crippen molar-refractivity contribution < 1.29 is 9.59 Å². The van der Waals surface area contributed by atoms with Gasteiger partial charge in [0.05, 0.1) is 11.5 Å². The Bertz CT molecular complexity index is 927. The second-order valence-corrected chi connectivity index (χ2v) is 8.47. The summed E-state index contributed by atoms with van der Waals surface area (Å²) >= 11 is 0. The second kappa shape index (κ2) is 7.55. The molecular formula is C22H27N5O2. The molecule has 2 N–H and O–H groups in total. The van der Waals surface area contributed by atoms with Gasteiger partial charge in [-0.15, -0.1) is 0 Å². The number of amides is 2. The molecule has 1 fully saturated rings. The van der Waals surface area contributed by atoms with Crippen molar-refractivity contribution in [2.75, 3.05) is 13.1 Å². The number of hydrogen-bond acceptors (Lipinski definition) is 5. The van der Waals surface area contributed by atoms with Crippen LogP contribution in [0.5, 0.6) is 0 Å². The number of carbonyl (C=O) groups is 2. The minimum atomic E-state index is -0.615. The zero-order valence-electron chi connectivity index (χ0n) is 17.1. The van der Waals surface area contributed by atoms with Crippen LogP contribution in [0.3, 0.4) is 0 Å². The van der Waals surface area contributed by atoms with Gasteiger partial charge in [-0.25, -0.2) is 9.97 Å². The third-order valence-corrected chi connectivity index (χ3v) is 5.73. The summed E-state index contributed by atoms with van der Waals surface area (Å²) in [5.74, 6) is 0.294. The first kappa shape index (κ1) is 19.5. The largest absolute Gasteiger partial charge is 0.354 e. The lowest BCUT2D eigenvalue weighted by Crippen LogP contribution is -2.62. The number of fused-ring (bicyclic) bond motifs is 1. The molecule has 2 amide bonds. The summed E-state index contributed by atoms with van der Waals surface area (Å²) in [6.07, 6.45) is 4.29. The van der Waals surface area contributed by atoms with Crippen LogP contribution < -0.4 is 10.6 Å². The van der Waals surface area contributed by atoms with Crippen LogP contribution in [0, 0.1) is 12.8 Å². The van der Waals surface area contributed by atoms with E-state index in [2.05, 4.69) is 25.5 Å². The average molecular weight is 393 g/mol. The zero-order valence-corrected chi connectivity index (χ0v) is 17.1. The van der Waals surface area contributed by atoms with Crippen molar-refractivity contribution in [3.8, 4) is 0 Å². The molecule has 1 saturated heterocycles.